The molecule has 92 valence electrons. The Bertz CT molecular complexity index is 384. The molecule has 0 saturated heterocycles. The molecule has 0 bridgehead atoms. The fourth-order valence-corrected chi connectivity index (χ4v) is 2.61. The average Bonchev–Trinajstić information content (AvgIpc) is 2.40. The van der Waals surface area contributed by atoms with E-state index in [0.717, 1.165) is 18.3 Å². The van der Waals surface area contributed by atoms with E-state index in [2.05, 4.69) is 4.98 Å². The van der Waals surface area contributed by atoms with Gasteiger partial charge in [0.1, 0.15) is 5.69 Å². The zero-order valence-corrected chi connectivity index (χ0v) is 10.1. The second-order valence-electron chi connectivity index (χ2n) is 4.83. The van der Waals surface area contributed by atoms with E-state index < -0.39 is 0 Å². The second-order valence-corrected chi connectivity index (χ2v) is 4.83. The second kappa shape index (κ2) is 5.92. The highest BCUT2D eigenvalue weighted by Gasteiger charge is 2.16. The number of hydrogen-bond acceptors (Lipinski definition) is 3. The van der Waals surface area contributed by atoms with Gasteiger partial charge in [-0.3, -0.25) is 4.79 Å². The van der Waals surface area contributed by atoms with Crippen LogP contribution in [0.15, 0.2) is 12.1 Å². The molecule has 1 aliphatic rings. The Labute approximate surface area is 102 Å². The summed E-state index contributed by atoms with van der Waals surface area (Å²) < 4.78 is 0. The monoisotopic (exact) mass is 233 g/mol. The third kappa shape index (κ3) is 3.13. The van der Waals surface area contributed by atoms with Crippen LogP contribution in [0.3, 0.4) is 0 Å². The molecule has 1 aromatic heterocycles. The van der Waals surface area contributed by atoms with E-state index in [-0.39, 0.29) is 6.61 Å². The first-order chi connectivity index (χ1) is 8.33. The van der Waals surface area contributed by atoms with Gasteiger partial charge in [-0.05, 0) is 24.0 Å². The first-order valence-electron chi connectivity index (χ1n) is 6.38. The number of aromatic nitrogens is 1. The molecule has 0 unspecified atom stereocenters. The highest BCUT2D eigenvalue weighted by atomic mass is 16.3. The summed E-state index contributed by atoms with van der Waals surface area (Å²) >= 11 is 0. The molecule has 0 radical (unpaired) electrons. The quantitative estimate of drug-likeness (QED) is 0.813. The third-order valence-corrected chi connectivity index (χ3v) is 3.58. The molecule has 1 heterocycles. The Hall–Kier alpha value is -1.22. The van der Waals surface area contributed by atoms with E-state index in [1.807, 2.05) is 12.1 Å². The Kier molecular flexibility index (Phi) is 4.26. The van der Waals surface area contributed by atoms with Gasteiger partial charge in [0.15, 0.2) is 6.29 Å². The van der Waals surface area contributed by atoms with Gasteiger partial charge in [0.25, 0.3) is 0 Å². The number of hydrogen-bond donors (Lipinski definition) is 1. The van der Waals surface area contributed by atoms with E-state index >= 15 is 0 Å². The van der Waals surface area contributed by atoms with Crippen molar-refractivity contribution in [3.05, 3.63) is 29.1 Å². The summed E-state index contributed by atoms with van der Waals surface area (Å²) in [5.74, 6) is 0.698. The smallest absolute Gasteiger partial charge is 0.168 e. The zero-order chi connectivity index (χ0) is 12.1. The Morgan fingerprint density at radius 1 is 1.29 bits per heavy atom. The van der Waals surface area contributed by atoms with Gasteiger partial charge in [-0.15, -0.1) is 0 Å². The summed E-state index contributed by atoms with van der Waals surface area (Å²) in [4.78, 5) is 15.2. The molecule has 1 aliphatic carbocycles. The normalized spacial score (nSPS) is 17.0. The lowest BCUT2D eigenvalue weighted by Crippen LogP contribution is -2.11. The number of nitrogens with zero attached hydrogens (tertiary/aromatic N) is 1. The number of aldehydes is 1. The van der Waals surface area contributed by atoms with E-state index in [1.54, 1.807) is 0 Å². The Balaban J connectivity index is 2.11. The van der Waals surface area contributed by atoms with Gasteiger partial charge in [0, 0.05) is 0 Å². The topological polar surface area (TPSA) is 50.2 Å². The van der Waals surface area contributed by atoms with Crippen LogP contribution < -0.4 is 0 Å². The SMILES string of the molecule is O=Cc1nc(CO)ccc1CC1CCCCC1. The van der Waals surface area contributed by atoms with E-state index in [9.17, 15) is 4.79 Å². The first-order valence-corrected chi connectivity index (χ1v) is 6.38. The summed E-state index contributed by atoms with van der Waals surface area (Å²) in [5, 5.41) is 8.99. The van der Waals surface area contributed by atoms with Gasteiger partial charge in [-0.2, -0.15) is 0 Å². The molecule has 3 heteroatoms. The fraction of sp³-hybridized carbons (Fsp3) is 0.571. The molecule has 0 aliphatic heterocycles. The van der Waals surface area contributed by atoms with Crippen LogP contribution in [0, 0.1) is 5.92 Å². The van der Waals surface area contributed by atoms with Crippen molar-refractivity contribution >= 4 is 6.29 Å². The number of carbonyl (C=O) groups excluding carboxylic acids is 1. The maximum Gasteiger partial charge on any atom is 0.168 e. The molecule has 1 fully saturated rings. The van der Waals surface area contributed by atoms with Crippen LogP contribution in [-0.4, -0.2) is 16.4 Å². The molecule has 0 aromatic carbocycles. The van der Waals surface area contributed by atoms with Crippen molar-refractivity contribution < 1.29 is 9.90 Å². The predicted molar refractivity (Wildman–Crippen MR) is 65.8 cm³/mol. The molecule has 1 saturated carbocycles. The minimum absolute atomic E-state index is 0.107. The highest BCUT2D eigenvalue weighted by Crippen LogP contribution is 2.27. The van der Waals surface area contributed by atoms with Crippen LogP contribution in [0.25, 0.3) is 0 Å². The molecule has 1 N–H and O–H groups in total. The third-order valence-electron chi connectivity index (χ3n) is 3.58. The van der Waals surface area contributed by atoms with Crippen LogP contribution in [0.5, 0.6) is 0 Å². The zero-order valence-electron chi connectivity index (χ0n) is 10.1. The van der Waals surface area contributed by atoms with Crippen molar-refractivity contribution in [2.75, 3.05) is 0 Å². The van der Waals surface area contributed by atoms with Crippen LogP contribution in [-0.2, 0) is 13.0 Å². The van der Waals surface area contributed by atoms with Crippen molar-refractivity contribution in [2.24, 2.45) is 5.92 Å². The highest BCUT2D eigenvalue weighted by molar-refractivity contribution is 5.74. The van der Waals surface area contributed by atoms with Crippen LogP contribution in [0.1, 0.15) is 53.8 Å². The van der Waals surface area contributed by atoms with Crippen molar-refractivity contribution in [1.29, 1.82) is 0 Å². The molecule has 2 rings (SSSR count). The fourth-order valence-electron chi connectivity index (χ4n) is 2.61. The first kappa shape index (κ1) is 12.2. The van der Waals surface area contributed by atoms with Gasteiger partial charge in [-0.1, -0.05) is 38.2 Å². The number of aliphatic hydroxyl groups excluding tert-OH is 1. The van der Waals surface area contributed by atoms with Crippen LogP contribution in [0.4, 0.5) is 0 Å². The van der Waals surface area contributed by atoms with Gasteiger partial charge >= 0.3 is 0 Å². The minimum atomic E-state index is -0.107. The van der Waals surface area contributed by atoms with Crippen LogP contribution in [0.2, 0.25) is 0 Å². The summed E-state index contributed by atoms with van der Waals surface area (Å²) in [6.45, 7) is -0.107. The van der Waals surface area contributed by atoms with Crippen LogP contribution >= 0.6 is 0 Å². The lowest BCUT2D eigenvalue weighted by molar-refractivity contribution is 0.111. The maximum atomic E-state index is 11.0. The van der Waals surface area contributed by atoms with Crippen molar-refractivity contribution in [1.82, 2.24) is 4.98 Å². The standard InChI is InChI=1S/C14H19NO2/c16-9-13-7-6-12(14(10-17)15-13)8-11-4-2-1-3-5-11/h6-7,10-11,16H,1-5,8-9H2. The molecule has 3 nitrogen and oxygen atoms in total. The Morgan fingerprint density at radius 3 is 2.71 bits per heavy atom. The summed E-state index contributed by atoms with van der Waals surface area (Å²) in [7, 11) is 0. The maximum absolute atomic E-state index is 11.0. The molecule has 17 heavy (non-hydrogen) atoms. The molecular weight excluding hydrogens is 214 g/mol. The van der Waals surface area contributed by atoms with Crippen molar-refractivity contribution in [3.63, 3.8) is 0 Å². The number of rotatable bonds is 4. The largest absolute Gasteiger partial charge is 0.390 e. The average molecular weight is 233 g/mol. The lowest BCUT2D eigenvalue weighted by atomic mass is 9.84. The van der Waals surface area contributed by atoms with Crippen molar-refractivity contribution in [3.8, 4) is 0 Å². The van der Waals surface area contributed by atoms with Gasteiger partial charge < -0.3 is 5.11 Å². The van der Waals surface area contributed by atoms with Gasteiger partial charge in [0.05, 0.1) is 12.3 Å². The predicted octanol–water partition coefficient (Wildman–Crippen LogP) is 2.51. The van der Waals surface area contributed by atoms with E-state index in [0.29, 0.717) is 17.3 Å². The molecule has 0 atom stereocenters. The van der Waals surface area contributed by atoms with E-state index in [1.165, 1.54) is 32.1 Å². The molecular formula is C14H19NO2. The summed E-state index contributed by atoms with van der Waals surface area (Å²) in [6, 6.07) is 3.75. The van der Waals surface area contributed by atoms with Gasteiger partial charge in [-0.25, -0.2) is 4.98 Å². The summed E-state index contributed by atoms with van der Waals surface area (Å²) in [6.07, 6.45) is 8.25. The molecule has 1 aromatic rings. The van der Waals surface area contributed by atoms with Gasteiger partial charge in [0.2, 0.25) is 0 Å². The molecule has 0 spiro atoms. The number of carbonyl (C=O) groups is 1. The summed E-state index contributed by atoms with van der Waals surface area (Å²) in [5.41, 5.74) is 2.10. The molecule has 0 amide bonds. The lowest BCUT2D eigenvalue weighted by Gasteiger charge is -2.21. The van der Waals surface area contributed by atoms with Crippen molar-refractivity contribution in [2.45, 2.75) is 45.1 Å². The number of aliphatic hydroxyl groups is 1. The van der Waals surface area contributed by atoms with E-state index in [4.69, 9.17) is 5.11 Å². The number of pyridine rings is 1. The minimum Gasteiger partial charge on any atom is -0.390 e. The Morgan fingerprint density at radius 2 is 2.06 bits per heavy atom.